The number of aryl methyl sites for hydroxylation is 1. The SMILES string of the molecule is Cc1cc(C(=O)O)ccc1NC1CCCC(C(C)C)CC1. The molecule has 1 aliphatic rings. The van der Waals surface area contributed by atoms with Gasteiger partial charge in [0.1, 0.15) is 0 Å². The number of carbonyl (C=O) groups is 1. The summed E-state index contributed by atoms with van der Waals surface area (Å²) in [6.45, 7) is 6.63. The van der Waals surface area contributed by atoms with Gasteiger partial charge in [0.15, 0.2) is 0 Å². The van der Waals surface area contributed by atoms with Crippen molar-refractivity contribution in [2.75, 3.05) is 5.32 Å². The van der Waals surface area contributed by atoms with Crippen LogP contribution in [0.5, 0.6) is 0 Å². The summed E-state index contributed by atoms with van der Waals surface area (Å²) in [5.74, 6) is 0.770. The molecule has 2 unspecified atom stereocenters. The Morgan fingerprint density at radius 1 is 1.24 bits per heavy atom. The van der Waals surface area contributed by atoms with Gasteiger partial charge in [-0.3, -0.25) is 0 Å². The lowest BCUT2D eigenvalue weighted by Crippen LogP contribution is -2.19. The number of nitrogens with one attached hydrogen (secondary N) is 1. The first-order chi connectivity index (χ1) is 9.97. The fourth-order valence-electron chi connectivity index (χ4n) is 3.32. The zero-order chi connectivity index (χ0) is 15.4. The Bertz CT molecular complexity index is 496. The molecule has 0 aromatic heterocycles. The first-order valence-corrected chi connectivity index (χ1v) is 8.08. The van der Waals surface area contributed by atoms with Crippen LogP contribution in [0.15, 0.2) is 18.2 Å². The molecule has 0 saturated heterocycles. The minimum absolute atomic E-state index is 0.360. The van der Waals surface area contributed by atoms with Crippen LogP contribution in [-0.2, 0) is 0 Å². The summed E-state index contributed by atoms with van der Waals surface area (Å²) in [4.78, 5) is 11.0. The first kappa shape index (κ1) is 15.9. The standard InChI is InChI=1S/C18H27NO2/c1-12(2)14-5-4-6-16(9-7-14)19-17-10-8-15(18(20)21)11-13(17)3/h8,10-12,14,16,19H,4-7,9H2,1-3H3,(H,20,21). The van der Waals surface area contributed by atoms with E-state index in [0.29, 0.717) is 11.6 Å². The van der Waals surface area contributed by atoms with Crippen LogP contribution in [0.4, 0.5) is 5.69 Å². The average Bonchev–Trinajstić information content (AvgIpc) is 2.66. The number of rotatable bonds is 4. The molecular weight excluding hydrogens is 262 g/mol. The van der Waals surface area contributed by atoms with Crippen molar-refractivity contribution in [3.8, 4) is 0 Å². The molecule has 1 aromatic carbocycles. The summed E-state index contributed by atoms with van der Waals surface area (Å²) in [6, 6.07) is 5.86. The van der Waals surface area contributed by atoms with Gasteiger partial charge in [0.25, 0.3) is 0 Å². The molecule has 0 bridgehead atoms. The van der Waals surface area contributed by atoms with Crippen LogP contribution in [0.3, 0.4) is 0 Å². The van der Waals surface area contributed by atoms with Gasteiger partial charge in [-0.2, -0.15) is 0 Å². The molecule has 116 valence electrons. The number of hydrogen-bond acceptors (Lipinski definition) is 2. The topological polar surface area (TPSA) is 49.3 Å². The Labute approximate surface area is 127 Å². The second-order valence-corrected chi connectivity index (χ2v) is 6.69. The van der Waals surface area contributed by atoms with Crippen LogP contribution in [0.1, 0.15) is 61.9 Å². The van der Waals surface area contributed by atoms with Crippen LogP contribution in [0, 0.1) is 18.8 Å². The highest BCUT2D eigenvalue weighted by Gasteiger charge is 2.21. The fourth-order valence-corrected chi connectivity index (χ4v) is 3.32. The Kier molecular flexibility index (Phi) is 5.27. The molecule has 3 nitrogen and oxygen atoms in total. The number of hydrogen-bond donors (Lipinski definition) is 2. The third-order valence-electron chi connectivity index (χ3n) is 4.79. The van der Waals surface area contributed by atoms with E-state index in [4.69, 9.17) is 5.11 Å². The molecular formula is C18H27NO2. The van der Waals surface area contributed by atoms with Crippen LogP contribution in [-0.4, -0.2) is 17.1 Å². The van der Waals surface area contributed by atoms with Gasteiger partial charge in [-0.25, -0.2) is 4.79 Å². The maximum atomic E-state index is 11.0. The number of aromatic carboxylic acids is 1. The Balaban J connectivity index is 2.00. The highest BCUT2D eigenvalue weighted by Crippen LogP contribution is 2.30. The summed E-state index contributed by atoms with van der Waals surface area (Å²) in [6.07, 6.45) is 6.34. The summed E-state index contributed by atoms with van der Waals surface area (Å²) < 4.78 is 0. The average molecular weight is 289 g/mol. The van der Waals surface area contributed by atoms with Crippen molar-refractivity contribution in [2.45, 2.75) is 58.9 Å². The van der Waals surface area contributed by atoms with Crippen molar-refractivity contribution in [3.63, 3.8) is 0 Å². The fraction of sp³-hybridized carbons (Fsp3) is 0.611. The smallest absolute Gasteiger partial charge is 0.335 e. The third kappa shape index (κ3) is 4.23. The molecule has 3 heteroatoms. The monoisotopic (exact) mass is 289 g/mol. The van der Waals surface area contributed by atoms with Gasteiger partial charge in [-0.1, -0.05) is 26.7 Å². The molecule has 0 spiro atoms. The molecule has 0 heterocycles. The number of carboxylic acids is 1. The van der Waals surface area contributed by atoms with Crippen molar-refractivity contribution in [2.24, 2.45) is 11.8 Å². The minimum atomic E-state index is -0.862. The summed E-state index contributed by atoms with van der Waals surface area (Å²) >= 11 is 0. The summed E-state index contributed by atoms with van der Waals surface area (Å²) in [7, 11) is 0. The van der Waals surface area contributed by atoms with Gasteiger partial charge >= 0.3 is 5.97 Å². The number of carboxylic acid groups (broad SMARTS) is 1. The molecule has 0 radical (unpaired) electrons. The molecule has 1 aromatic rings. The van der Waals surface area contributed by atoms with Gasteiger partial charge in [0.05, 0.1) is 5.56 Å². The van der Waals surface area contributed by atoms with Gasteiger partial charge in [0, 0.05) is 11.7 Å². The normalized spacial score (nSPS) is 22.9. The lowest BCUT2D eigenvalue weighted by molar-refractivity contribution is 0.0697. The molecule has 0 amide bonds. The number of benzene rings is 1. The van der Waals surface area contributed by atoms with E-state index in [2.05, 4.69) is 19.2 Å². The number of anilines is 1. The van der Waals surface area contributed by atoms with E-state index in [1.54, 1.807) is 12.1 Å². The van der Waals surface area contributed by atoms with Gasteiger partial charge in [-0.15, -0.1) is 0 Å². The van der Waals surface area contributed by atoms with E-state index >= 15 is 0 Å². The van der Waals surface area contributed by atoms with Crippen molar-refractivity contribution < 1.29 is 9.90 Å². The molecule has 2 atom stereocenters. The van der Waals surface area contributed by atoms with E-state index in [0.717, 1.165) is 23.1 Å². The Morgan fingerprint density at radius 3 is 2.62 bits per heavy atom. The third-order valence-corrected chi connectivity index (χ3v) is 4.79. The molecule has 2 N–H and O–H groups in total. The molecule has 21 heavy (non-hydrogen) atoms. The van der Waals surface area contributed by atoms with E-state index in [-0.39, 0.29) is 0 Å². The molecule has 1 aliphatic carbocycles. The predicted molar refractivity (Wildman–Crippen MR) is 87.0 cm³/mol. The molecule has 1 fully saturated rings. The first-order valence-electron chi connectivity index (χ1n) is 8.08. The lowest BCUT2D eigenvalue weighted by atomic mass is 9.89. The Morgan fingerprint density at radius 2 is 2.00 bits per heavy atom. The van der Waals surface area contributed by atoms with E-state index < -0.39 is 5.97 Å². The van der Waals surface area contributed by atoms with Crippen LogP contribution >= 0.6 is 0 Å². The van der Waals surface area contributed by atoms with Gasteiger partial charge < -0.3 is 10.4 Å². The lowest BCUT2D eigenvalue weighted by Gasteiger charge is -2.21. The highest BCUT2D eigenvalue weighted by molar-refractivity contribution is 5.88. The van der Waals surface area contributed by atoms with Gasteiger partial charge in [-0.05, 0) is 61.8 Å². The molecule has 1 saturated carbocycles. The van der Waals surface area contributed by atoms with Gasteiger partial charge in [0.2, 0.25) is 0 Å². The molecule has 0 aliphatic heterocycles. The van der Waals surface area contributed by atoms with E-state index in [9.17, 15) is 4.79 Å². The van der Waals surface area contributed by atoms with Crippen LogP contribution < -0.4 is 5.32 Å². The Hall–Kier alpha value is -1.51. The zero-order valence-corrected chi connectivity index (χ0v) is 13.4. The highest BCUT2D eigenvalue weighted by atomic mass is 16.4. The molecule has 2 rings (SSSR count). The zero-order valence-electron chi connectivity index (χ0n) is 13.4. The van der Waals surface area contributed by atoms with Crippen molar-refractivity contribution in [1.29, 1.82) is 0 Å². The minimum Gasteiger partial charge on any atom is -0.478 e. The maximum absolute atomic E-state index is 11.0. The summed E-state index contributed by atoms with van der Waals surface area (Å²) in [5, 5.41) is 12.6. The van der Waals surface area contributed by atoms with Crippen molar-refractivity contribution >= 4 is 11.7 Å². The summed E-state index contributed by atoms with van der Waals surface area (Å²) in [5.41, 5.74) is 2.45. The second-order valence-electron chi connectivity index (χ2n) is 6.69. The van der Waals surface area contributed by atoms with Crippen LogP contribution in [0.25, 0.3) is 0 Å². The maximum Gasteiger partial charge on any atom is 0.335 e. The van der Waals surface area contributed by atoms with Crippen molar-refractivity contribution in [3.05, 3.63) is 29.3 Å². The van der Waals surface area contributed by atoms with Crippen LogP contribution in [0.2, 0.25) is 0 Å². The van der Waals surface area contributed by atoms with E-state index in [1.165, 1.54) is 32.1 Å². The second kappa shape index (κ2) is 6.97. The quantitative estimate of drug-likeness (QED) is 0.789. The van der Waals surface area contributed by atoms with E-state index in [1.807, 2.05) is 13.0 Å². The van der Waals surface area contributed by atoms with Crippen molar-refractivity contribution in [1.82, 2.24) is 0 Å². The largest absolute Gasteiger partial charge is 0.478 e. The predicted octanol–water partition coefficient (Wildman–Crippen LogP) is 4.71.